The number of morpholine rings is 1. The van der Waals surface area contributed by atoms with Crippen molar-refractivity contribution < 1.29 is 14.3 Å². The van der Waals surface area contributed by atoms with Crippen LogP contribution in [0.25, 0.3) is 10.9 Å². The van der Waals surface area contributed by atoms with Gasteiger partial charge in [0.15, 0.2) is 0 Å². The van der Waals surface area contributed by atoms with E-state index in [1.165, 1.54) is 15.3 Å². The number of nitrogens with zero attached hydrogens (tertiary/aromatic N) is 3. The highest BCUT2D eigenvalue weighted by molar-refractivity contribution is 5.81. The van der Waals surface area contributed by atoms with Crippen molar-refractivity contribution in [1.29, 1.82) is 0 Å². The Morgan fingerprint density at radius 2 is 2.04 bits per heavy atom. The van der Waals surface area contributed by atoms with Crippen LogP contribution in [0.1, 0.15) is 5.69 Å². The van der Waals surface area contributed by atoms with E-state index in [4.69, 9.17) is 9.47 Å². The second-order valence-corrected chi connectivity index (χ2v) is 6.00. The highest BCUT2D eigenvalue weighted by Gasteiger charge is 2.20. The van der Waals surface area contributed by atoms with Crippen LogP contribution in [0.2, 0.25) is 0 Å². The van der Waals surface area contributed by atoms with E-state index in [0.29, 0.717) is 56.1 Å². The van der Waals surface area contributed by atoms with Gasteiger partial charge in [0.1, 0.15) is 6.54 Å². The van der Waals surface area contributed by atoms with Gasteiger partial charge in [-0.25, -0.2) is 4.68 Å². The summed E-state index contributed by atoms with van der Waals surface area (Å²) in [6, 6.07) is 1.36. The summed E-state index contributed by atoms with van der Waals surface area (Å²) in [5.74, 6) is -0.150. The smallest absolute Gasteiger partial charge is 0.276 e. The average Bonchev–Trinajstić information content (AvgIpc) is 2.92. The van der Waals surface area contributed by atoms with Gasteiger partial charge in [-0.15, -0.1) is 0 Å². The molecule has 0 aromatic carbocycles. The zero-order chi connectivity index (χ0) is 18.0. The molecule has 136 valence electrons. The Labute approximate surface area is 143 Å². The second-order valence-electron chi connectivity index (χ2n) is 6.00. The lowest BCUT2D eigenvalue weighted by atomic mass is 10.2. The minimum atomic E-state index is -0.313. The first kappa shape index (κ1) is 17.4. The van der Waals surface area contributed by atoms with E-state index in [0.717, 1.165) is 0 Å². The third-order valence-corrected chi connectivity index (χ3v) is 4.46. The summed E-state index contributed by atoms with van der Waals surface area (Å²) in [6.07, 6.45) is 0. The van der Waals surface area contributed by atoms with Gasteiger partial charge in [0.05, 0.1) is 37.3 Å². The maximum Gasteiger partial charge on any atom is 0.276 e. The van der Waals surface area contributed by atoms with E-state index in [-0.39, 0.29) is 23.6 Å². The summed E-state index contributed by atoms with van der Waals surface area (Å²) in [5.41, 5.74) is 0.420. The first-order valence-electron chi connectivity index (χ1n) is 8.20. The molecule has 3 heterocycles. The molecule has 1 aliphatic heterocycles. The number of aromatic amines is 1. The van der Waals surface area contributed by atoms with Gasteiger partial charge in [-0.2, -0.15) is 0 Å². The average molecular weight is 350 g/mol. The van der Waals surface area contributed by atoms with Crippen LogP contribution in [0.4, 0.5) is 0 Å². The van der Waals surface area contributed by atoms with Gasteiger partial charge >= 0.3 is 0 Å². The fourth-order valence-electron chi connectivity index (χ4n) is 3.04. The number of aryl methyl sites for hydroxylation is 1. The van der Waals surface area contributed by atoms with Crippen molar-refractivity contribution >= 4 is 16.8 Å². The predicted molar refractivity (Wildman–Crippen MR) is 90.8 cm³/mol. The predicted octanol–water partition coefficient (Wildman–Crippen LogP) is -0.695. The number of H-pyrrole nitrogens is 1. The number of nitrogens with one attached hydrogen (secondary N) is 1. The van der Waals surface area contributed by atoms with Crippen LogP contribution in [0.15, 0.2) is 15.7 Å². The molecule has 9 heteroatoms. The molecular formula is C16H22N4O5. The Hall–Kier alpha value is -2.39. The van der Waals surface area contributed by atoms with Gasteiger partial charge in [-0.3, -0.25) is 19.5 Å². The molecule has 25 heavy (non-hydrogen) atoms. The van der Waals surface area contributed by atoms with Crippen LogP contribution < -0.4 is 11.1 Å². The number of methoxy groups -OCH3 is 1. The van der Waals surface area contributed by atoms with Crippen molar-refractivity contribution in [3.8, 4) is 0 Å². The minimum absolute atomic E-state index is 0.0801. The van der Waals surface area contributed by atoms with Gasteiger partial charge in [0.25, 0.3) is 11.1 Å². The van der Waals surface area contributed by atoms with Crippen molar-refractivity contribution in [1.82, 2.24) is 19.2 Å². The summed E-state index contributed by atoms with van der Waals surface area (Å²) in [7, 11) is 1.56. The van der Waals surface area contributed by atoms with E-state index < -0.39 is 0 Å². The lowest BCUT2D eigenvalue weighted by Crippen LogP contribution is -2.43. The van der Waals surface area contributed by atoms with Crippen LogP contribution in [0.3, 0.4) is 0 Å². The lowest BCUT2D eigenvalue weighted by molar-refractivity contribution is -0.135. The lowest BCUT2D eigenvalue weighted by Gasteiger charge is -2.27. The van der Waals surface area contributed by atoms with E-state index in [9.17, 15) is 14.4 Å². The molecule has 0 saturated carbocycles. The highest BCUT2D eigenvalue weighted by atomic mass is 16.5. The summed E-state index contributed by atoms with van der Waals surface area (Å²) in [6.45, 7) is 4.39. The maximum absolute atomic E-state index is 12.6. The molecule has 2 aromatic heterocycles. The Balaban J connectivity index is 1.95. The molecule has 3 rings (SSSR count). The molecule has 0 aliphatic carbocycles. The minimum Gasteiger partial charge on any atom is -0.383 e. The normalized spacial score (nSPS) is 15.0. The molecule has 0 atom stereocenters. The number of carbonyl (C=O) groups is 1. The number of fused-ring (bicyclic) bond motifs is 1. The molecule has 9 nitrogen and oxygen atoms in total. The van der Waals surface area contributed by atoms with Gasteiger partial charge in [-0.05, 0) is 6.92 Å². The van der Waals surface area contributed by atoms with Gasteiger partial charge < -0.3 is 18.9 Å². The van der Waals surface area contributed by atoms with Crippen molar-refractivity contribution in [3.63, 3.8) is 0 Å². The zero-order valence-corrected chi connectivity index (χ0v) is 14.4. The number of ether oxygens (including phenoxy) is 2. The van der Waals surface area contributed by atoms with Crippen molar-refractivity contribution in [3.05, 3.63) is 32.5 Å². The first-order valence-corrected chi connectivity index (χ1v) is 8.20. The third kappa shape index (κ3) is 3.38. The van der Waals surface area contributed by atoms with Crippen molar-refractivity contribution in [2.24, 2.45) is 0 Å². The zero-order valence-electron chi connectivity index (χ0n) is 14.4. The third-order valence-electron chi connectivity index (χ3n) is 4.46. The van der Waals surface area contributed by atoms with Crippen molar-refractivity contribution in [2.45, 2.75) is 20.0 Å². The fraction of sp³-hybridized carbons (Fsp3) is 0.562. The number of rotatable bonds is 5. The number of hydrogen-bond donors (Lipinski definition) is 1. The van der Waals surface area contributed by atoms with Crippen LogP contribution in [0, 0.1) is 6.92 Å². The molecule has 1 amide bonds. The van der Waals surface area contributed by atoms with E-state index in [1.54, 1.807) is 18.9 Å². The molecule has 0 bridgehead atoms. The van der Waals surface area contributed by atoms with Crippen LogP contribution >= 0.6 is 0 Å². The van der Waals surface area contributed by atoms with Gasteiger partial charge in [-0.1, -0.05) is 0 Å². The number of pyridine rings is 1. The highest BCUT2D eigenvalue weighted by Crippen LogP contribution is 2.11. The molecule has 0 unspecified atom stereocenters. The standard InChI is InChI=1S/C16H22N4O5/c1-11-15-12(17-20(16(15)23)5-6-24-2)9-13(21)19(11)10-14(22)18-3-7-25-8-4-18/h9,17H,3-8,10H2,1-2H3. The molecule has 1 fully saturated rings. The fourth-order valence-corrected chi connectivity index (χ4v) is 3.04. The molecule has 1 aliphatic rings. The summed E-state index contributed by atoms with van der Waals surface area (Å²) >= 11 is 0. The van der Waals surface area contributed by atoms with Gasteiger partial charge in [0, 0.05) is 32.0 Å². The SMILES string of the molecule is COCCn1[nH]c2cc(=O)n(CC(=O)N3CCOCC3)c(C)c2c1=O. The maximum atomic E-state index is 12.6. The van der Waals surface area contributed by atoms with Crippen LogP contribution in [-0.4, -0.2) is 65.2 Å². The molecule has 0 spiro atoms. The molecule has 1 saturated heterocycles. The molecule has 1 N–H and O–H groups in total. The van der Waals surface area contributed by atoms with Crippen molar-refractivity contribution in [2.75, 3.05) is 40.0 Å². The van der Waals surface area contributed by atoms with Gasteiger partial charge in [0.2, 0.25) is 5.91 Å². The quantitative estimate of drug-likeness (QED) is 0.769. The number of hydrogen-bond acceptors (Lipinski definition) is 5. The summed E-state index contributed by atoms with van der Waals surface area (Å²) in [4.78, 5) is 39.1. The number of carbonyl (C=O) groups excluding carboxylic acids is 1. The molecular weight excluding hydrogens is 328 g/mol. The number of aromatic nitrogens is 3. The second kappa shape index (κ2) is 7.24. The molecule has 0 radical (unpaired) electrons. The molecule has 2 aromatic rings. The number of amides is 1. The first-order chi connectivity index (χ1) is 12.0. The topological polar surface area (TPSA) is 98.6 Å². The van der Waals surface area contributed by atoms with E-state index in [2.05, 4.69) is 5.10 Å². The summed E-state index contributed by atoms with van der Waals surface area (Å²) < 4.78 is 13.0. The Morgan fingerprint density at radius 3 is 2.72 bits per heavy atom. The Morgan fingerprint density at radius 1 is 1.32 bits per heavy atom. The Kier molecular flexibility index (Phi) is 5.05. The largest absolute Gasteiger partial charge is 0.383 e. The van der Waals surface area contributed by atoms with E-state index >= 15 is 0 Å². The Bertz CT molecular complexity index is 888. The van der Waals surface area contributed by atoms with E-state index in [1.807, 2.05) is 0 Å². The van der Waals surface area contributed by atoms with Crippen LogP contribution in [0.5, 0.6) is 0 Å². The van der Waals surface area contributed by atoms with Crippen LogP contribution in [-0.2, 0) is 27.4 Å². The summed E-state index contributed by atoms with van der Waals surface area (Å²) in [5, 5.41) is 3.34. The monoisotopic (exact) mass is 350 g/mol.